The van der Waals surface area contributed by atoms with Gasteiger partial charge in [-0.05, 0) is 96.8 Å². The van der Waals surface area contributed by atoms with Crippen LogP contribution in [0.25, 0.3) is 0 Å². The summed E-state index contributed by atoms with van der Waals surface area (Å²) in [6.45, 7) is 2.14. The summed E-state index contributed by atoms with van der Waals surface area (Å²) in [5.74, 6) is 1.26. The Morgan fingerprint density at radius 2 is 0.867 bits per heavy atom. The lowest BCUT2D eigenvalue weighted by atomic mass is 10.1. The molecule has 2 amide bonds. The minimum absolute atomic E-state index is 0.179. The number of hydrogen-bond donors (Lipinski definition) is 2. The van der Waals surface area contributed by atoms with Crippen molar-refractivity contribution in [2.24, 2.45) is 0 Å². The first kappa shape index (κ1) is 32.3. The van der Waals surface area contributed by atoms with Gasteiger partial charge >= 0.3 is 0 Å². The monoisotopic (exact) mass is 600 g/mol. The molecule has 2 N–H and O–H groups in total. The average Bonchev–Trinajstić information content (AvgIpc) is 3.10. The molecule has 0 radical (unpaired) electrons. The first-order valence-corrected chi connectivity index (χ1v) is 15.0. The Morgan fingerprint density at radius 3 is 1.22 bits per heavy atom. The van der Waals surface area contributed by atoms with Gasteiger partial charge in [-0.2, -0.15) is 10.5 Å². The van der Waals surface area contributed by atoms with Crippen molar-refractivity contribution in [3.63, 3.8) is 0 Å². The van der Waals surface area contributed by atoms with Crippen LogP contribution < -0.4 is 20.1 Å². The second-order valence-electron chi connectivity index (χ2n) is 10.5. The molecule has 0 aliphatic rings. The molecule has 4 aromatic carbocycles. The highest BCUT2D eigenvalue weighted by Crippen LogP contribution is 2.15. The fraction of sp³-hybridized carbons (Fsp3) is 0.243. The van der Waals surface area contributed by atoms with Gasteiger partial charge in [0.25, 0.3) is 11.8 Å². The van der Waals surface area contributed by atoms with E-state index in [1.165, 1.54) is 0 Å². The zero-order valence-electron chi connectivity index (χ0n) is 25.1. The third-order valence-corrected chi connectivity index (χ3v) is 7.13. The highest BCUT2D eigenvalue weighted by molar-refractivity contribution is 5.94. The van der Waals surface area contributed by atoms with E-state index in [0.717, 1.165) is 54.7 Å². The summed E-state index contributed by atoms with van der Waals surface area (Å²) < 4.78 is 11.7. The van der Waals surface area contributed by atoms with Crippen LogP contribution in [-0.4, -0.2) is 25.0 Å². The minimum atomic E-state index is -0.179. The van der Waals surface area contributed by atoms with Crippen molar-refractivity contribution in [3.05, 3.63) is 130 Å². The topological polar surface area (TPSA) is 124 Å². The fourth-order valence-electron chi connectivity index (χ4n) is 4.48. The Balaban J connectivity index is 1.01. The van der Waals surface area contributed by atoms with Crippen molar-refractivity contribution >= 4 is 11.8 Å². The summed E-state index contributed by atoms with van der Waals surface area (Å²) in [6.07, 6.45) is 5.24. The lowest BCUT2D eigenvalue weighted by molar-refractivity contribution is 0.0943. The maximum Gasteiger partial charge on any atom is 0.251 e. The van der Waals surface area contributed by atoms with Crippen molar-refractivity contribution in [2.75, 3.05) is 13.2 Å². The molecule has 0 atom stereocenters. The molecule has 0 saturated carbocycles. The van der Waals surface area contributed by atoms with Gasteiger partial charge in [-0.1, -0.05) is 43.5 Å². The number of unbranched alkanes of at least 4 members (excludes halogenated alkanes) is 4. The number of nitrogens with zero attached hydrogens (tertiary/aromatic N) is 2. The molecule has 0 unspecified atom stereocenters. The molecule has 228 valence electrons. The van der Waals surface area contributed by atoms with E-state index in [1.54, 1.807) is 48.5 Å². The van der Waals surface area contributed by atoms with E-state index >= 15 is 0 Å². The predicted octanol–water partition coefficient (Wildman–Crippen LogP) is 6.70. The Labute approximate surface area is 264 Å². The SMILES string of the molecule is N#Cc1ccc(C(=O)NCc2ccc(OCCCCCCCOc3ccc(CNC(=O)c4ccc(C#N)cc4)cc3)cc2)cc1. The quantitative estimate of drug-likeness (QED) is 0.138. The van der Waals surface area contributed by atoms with Gasteiger partial charge in [-0.3, -0.25) is 9.59 Å². The van der Waals surface area contributed by atoms with E-state index < -0.39 is 0 Å². The number of ether oxygens (including phenoxy) is 2. The number of benzene rings is 4. The van der Waals surface area contributed by atoms with Gasteiger partial charge in [0, 0.05) is 24.2 Å². The summed E-state index contributed by atoms with van der Waals surface area (Å²) in [7, 11) is 0. The molecule has 4 rings (SSSR count). The van der Waals surface area contributed by atoms with Crippen LogP contribution in [0.5, 0.6) is 11.5 Å². The zero-order valence-corrected chi connectivity index (χ0v) is 25.1. The highest BCUT2D eigenvalue weighted by atomic mass is 16.5. The van der Waals surface area contributed by atoms with E-state index in [1.807, 2.05) is 60.7 Å². The summed E-state index contributed by atoms with van der Waals surface area (Å²) in [4.78, 5) is 24.6. The molecule has 0 saturated heterocycles. The number of nitrogens with one attached hydrogen (secondary N) is 2. The molecule has 8 nitrogen and oxygen atoms in total. The molecule has 0 heterocycles. The Morgan fingerprint density at radius 1 is 0.511 bits per heavy atom. The van der Waals surface area contributed by atoms with Crippen molar-refractivity contribution in [1.82, 2.24) is 10.6 Å². The number of nitriles is 2. The van der Waals surface area contributed by atoms with Crippen LogP contribution in [0.4, 0.5) is 0 Å². The van der Waals surface area contributed by atoms with Crippen molar-refractivity contribution < 1.29 is 19.1 Å². The second-order valence-corrected chi connectivity index (χ2v) is 10.5. The van der Waals surface area contributed by atoms with E-state index in [4.69, 9.17) is 20.0 Å². The first-order chi connectivity index (χ1) is 22.0. The largest absolute Gasteiger partial charge is 0.494 e. The smallest absolute Gasteiger partial charge is 0.251 e. The normalized spacial score (nSPS) is 10.3. The molecule has 0 fully saturated rings. The van der Waals surface area contributed by atoms with Crippen LogP contribution in [0.1, 0.15) is 75.1 Å². The zero-order chi connectivity index (χ0) is 31.7. The molecular weight excluding hydrogens is 564 g/mol. The van der Waals surface area contributed by atoms with Crippen molar-refractivity contribution in [2.45, 2.75) is 45.2 Å². The van der Waals surface area contributed by atoms with Crippen molar-refractivity contribution in [3.8, 4) is 23.6 Å². The molecular formula is C37H36N4O4. The number of hydrogen-bond acceptors (Lipinski definition) is 6. The third-order valence-electron chi connectivity index (χ3n) is 7.13. The summed E-state index contributed by atoms with van der Waals surface area (Å²) >= 11 is 0. The Kier molecular flexibility index (Phi) is 12.6. The maximum atomic E-state index is 12.3. The van der Waals surface area contributed by atoms with Crippen LogP contribution in [-0.2, 0) is 13.1 Å². The average molecular weight is 601 g/mol. The molecule has 8 heteroatoms. The Hall–Kier alpha value is -5.60. The number of carbonyl (C=O) groups is 2. The van der Waals surface area contributed by atoms with E-state index in [0.29, 0.717) is 48.6 Å². The summed E-state index contributed by atoms with van der Waals surface area (Å²) in [5.41, 5.74) is 4.05. The van der Waals surface area contributed by atoms with Crippen LogP contribution in [0.3, 0.4) is 0 Å². The van der Waals surface area contributed by atoms with Crippen LogP contribution in [0.2, 0.25) is 0 Å². The summed E-state index contributed by atoms with van der Waals surface area (Å²) in [5, 5.41) is 23.5. The lowest BCUT2D eigenvalue weighted by Gasteiger charge is -2.09. The van der Waals surface area contributed by atoms with Gasteiger partial charge in [0.15, 0.2) is 0 Å². The molecule has 45 heavy (non-hydrogen) atoms. The van der Waals surface area contributed by atoms with E-state index in [-0.39, 0.29) is 11.8 Å². The molecule has 4 aromatic rings. The van der Waals surface area contributed by atoms with Gasteiger partial charge in [-0.25, -0.2) is 0 Å². The van der Waals surface area contributed by atoms with E-state index in [9.17, 15) is 9.59 Å². The molecule has 0 aromatic heterocycles. The maximum absolute atomic E-state index is 12.3. The molecule has 0 bridgehead atoms. The Bertz CT molecular complexity index is 1480. The number of rotatable bonds is 16. The number of amides is 2. The highest BCUT2D eigenvalue weighted by Gasteiger charge is 2.07. The van der Waals surface area contributed by atoms with Crippen LogP contribution in [0, 0.1) is 22.7 Å². The summed E-state index contributed by atoms with van der Waals surface area (Å²) in [6, 6.07) is 32.6. The standard InChI is InChI=1S/C37H36N4O4/c38-24-28-6-14-32(15-7-28)36(42)40-26-30-10-18-34(19-11-30)44-22-4-2-1-3-5-23-45-35-20-12-31(13-21-35)27-41-37(43)33-16-8-29(25-39)9-17-33/h6-21H,1-5,22-23,26-27H2,(H,40,42)(H,41,43). The van der Waals surface area contributed by atoms with Gasteiger partial charge < -0.3 is 20.1 Å². The van der Waals surface area contributed by atoms with E-state index in [2.05, 4.69) is 10.6 Å². The molecule has 0 aliphatic carbocycles. The first-order valence-electron chi connectivity index (χ1n) is 15.0. The van der Waals surface area contributed by atoms with Crippen molar-refractivity contribution in [1.29, 1.82) is 10.5 Å². The second kappa shape index (κ2) is 17.5. The molecule has 0 aliphatic heterocycles. The third kappa shape index (κ3) is 10.9. The van der Waals surface area contributed by atoms with Gasteiger partial charge in [0.2, 0.25) is 0 Å². The van der Waals surface area contributed by atoms with Gasteiger partial charge in [0.1, 0.15) is 11.5 Å². The van der Waals surface area contributed by atoms with Gasteiger partial charge in [-0.15, -0.1) is 0 Å². The lowest BCUT2D eigenvalue weighted by Crippen LogP contribution is -2.22. The fourth-order valence-corrected chi connectivity index (χ4v) is 4.48. The predicted molar refractivity (Wildman–Crippen MR) is 172 cm³/mol. The molecule has 0 spiro atoms. The number of carbonyl (C=O) groups excluding carboxylic acids is 2. The minimum Gasteiger partial charge on any atom is -0.494 e. The van der Waals surface area contributed by atoms with Crippen LogP contribution in [0.15, 0.2) is 97.1 Å². The van der Waals surface area contributed by atoms with Gasteiger partial charge in [0.05, 0.1) is 36.5 Å². The van der Waals surface area contributed by atoms with Crippen LogP contribution >= 0.6 is 0 Å².